The molecule has 6 aliphatic rings. The monoisotopic (exact) mass is 1070 g/mol. The third-order valence-corrected chi connectivity index (χ3v) is 17.0. The lowest BCUT2D eigenvalue weighted by atomic mass is 9.81. The molecule has 4 saturated heterocycles. The number of hydrogen-bond acceptors (Lipinski definition) is 17. The third kappa shape index (κ3) is 12.3. The summed E-state index contributed by atoms with van der Waals surface area (Å²) in [6, 6.07) is 2.25. The van der Waals surface area contributed by atoms with Crippen LogP contribution >= 0.6 is 23.4 Å². The zero-order valence-electron chi connectivity index (χ0n) is 42.4. The van der Waals surface area contributed by atoms with E-state index in [1.54, 1.807) is 44.2 Å². The van der Waals surface area contributed by atoms with E-state index in [1.807, 2.05) is 6.92 Å². The Morgan fingerprint density at radius 1 is 1.01 bits per heavy atom. The number of hydroxylamine groups is 2. The molecule has 5 heterocycles. The SMILES string of the molecule is C/C1=C\C=C\[C@@H](CO)[C@@]2(O)C[C@H](OC(=O)N2)[C@@H](C)C2O[C@]2(C)[C@@H](OC(=O)[C@H](C)N(C)C(=O)CCSC2CC(=O)N(CC3CCC(C(=O)ON4C(=O)CCC4=O)CC3)C2=O)CC(=O)N(C)c2cc(cc(CO)c2Cl)C1. The standard InChI is InChI=1S/C51H66ClN5O16S/c1-27-8-7-9-34(26-59)51(69)23-36(70-49(68)53-51)28(2)45-50(4,72-45)38(22-42(63)55(6)35-20-31(18-27)19-33(25-58)44(35)52)71-47(66)29(3)54(5)39(60)16-17-74-37-21-43(64)56(46(37)65)24-30-10-12-32(13-11-30)48(67)73-57-40(61)14-15-41(57)62/h7-9,19-20,28-30,32,34,36-38,45,58-59,69H,10-18,21-26H2,1-6H3,(H,53,68)/b9-7+,27-8+/t28-,29+,30?,32?,34+,36+,37?,38+,45?,50-,51+/m1/s1. The fourth-order valence-electron chi connectivity index (χ4n) is 10.4. The first kappa shape index (κ1) is 56.3. The van der Waals surface area contributed by atoms with Gasteiger partial charge in [0.1, 0.15) is 23.9 Å². The van der Waals surface area contributed by atoms with Gasteiger partial charge in [-0.05, 0) is 76.0 Å². The van der Waals surface area contributed by atoms with E-state index in [9.17, 15) is 58.5 Å². The number of halogens is 1. The normalized spacial score (nSPS) is 32.2. The van der Waals surface area contributed by atoms with Crippen LogP contribution in [0.1, 0.15) is 103 Å². The minimum atomic E-state index is -1.93. The van der Waals surface area contributed by atoms with Gasteiger partial charge in [-0.25, -0.2) is 14.4 Å². The van der Waals surface area contributed by atoms with E-state index in [0.717, 1.165) is 17.3 Å². The minimum absolute atomic E-state index is 0.00640. The number of thioether (sulfide) groups is 1. The van der Waals surface area contributed by atoms with Crippen LogP contribution in [0, 0.1) is 23.7 Å². The number of likely N-dealkylation sites (tertiary alicyclic amines) is 1. The first-order valence-corrected chi connectivity index (χ1v) is 26.4. The van der Waals surface area contributed by atoms with Crippen molar-refractivity contribution in [3.8, 4) is 0 Å². The van der Waals surface area contributed by atoms with Gasteiger partial charge in [-0.3, -0.25) is 39.0 Å². The number of carbonyl (C=O) groups is 9. The van der Waals surface area contributed by atoms with Crippen molar-refractivity contribution < 1.29 is 77.5 Å². The van der Waals surface area contributed by atoms with E-state index in [0.29, 0.717) is 48.3 Å². The summed E-state index contributed by atoms with van der Waals surface area (Å²) in [6.45, 7) is 5.91. The lowest BCUT2D eigenvalue weighted by Gasteiger charge is -2.42. The molecule has 21 nitrogen and oxygen atoms in total. The van der Waals surface area contributed by atoms with E-state index in [1.165, 1.54) is 35.7 Å². The van der Waals surface area contributed by atoms with Crippen molar-refractivity contribution in [1.82, 2.24) is 20.2 Å². The number of carbonyl (C=O) groups excluding carboxylic acids is 9. The topological polar surface area (TPSA) is 280 Å². The number of allylic oxidation sites excluding steroid dienone is 3. The molecular formula is C51H66ClN5O16S. The number of anilines is 1. The number of epoxide rings is 1. The summed E-state index contributed by atoms with van der Waals surface area (Å²) in [5, 5.41) is 34.9. The number of nitrogens with zero attached hydrogens (tertiary/aromatic N) is 4. The molecule has 4 bridgehead atoms. The maximum Gasteiger partial charge on any atom is 0.409 e. The van der Waals surface area contributed by atoms with Crippen LogP contribution in [0.2, 0.25) is 5.02 Å². The molecule has 0 aromatic heterocycles. The number of rotatable bonds is 13. The van der Waals surface area contributed by atoms with Crippen molar-refractivity contribution >= 4 is 82.5 Å². The summed E-state index contributed by atoms with van der Waals surface area (Å²) >= 11 is 7.93. The van der Waals surface area contributed by atoms with E-state index in [-0.39, 0.29) is 72.8 Å². The quantitative estimate of drug-likeness (QED) is 0.125. The molecule has 1 aromatic rings. The summed E-state index contributed by atoms with van der Waals surface area (Å²) in [6.07, 6.45) is 2.55. The Balaban J connectivity index is 0.986. The number of amides is 7. The number of benzene rings is 1. The van der Waals surface area contributed by atoms with Gasteiger partial charge in [-0.2, -0.15) is 0 Å². The van der Waals surface area contributed by atoms with Crippen LogP contribution in [-0.2, 0) is 70.4 Å². The maximum atomic E-state index is 14.3. The fraction of sp³-hybridized carbons (Fsp3) is 0.627. The van der Waals surface area contributed by atoms with Gasteiger partial charge in [0.2, 0.25) is 23.6 Å². The molecule has 1 aromatic carbocycles. The van der Waals surface area contributed by atoms with Gasteiger partial charge in [0.05, 0.1) is 47.6 Å². The molecule has 4 N–H and O–H groups in total. The van der Waals surface area contributed by atoms with Crippen molar-refractivity contribution in [3.63, 3.8) is 0 Å². The average molecular weight is 1070 g/mol. The maximum absolute atomic E-state index is 14.3. The van der Waals surface area contributed by atoms with Crippen LogP contribution in [0.5, 0.6) is 0 Å². The Hall–Kier alpha value is -5.39. The molecule has 1 saturated carbocycles. The number of aliphatic hydroxyl groups is 3. The molecule has 23 heteroatoms. The summed E-state index contributed by atoms with van der Waals surface area (Å²) < 4.78 is 18.1. The van der Waals surface area contributed by atoms with Crippen LogP contribution in [0.25, 0.3) is 0 Å². The van der Waals surface area contributed by atoms with Gasteiger partial charge in [-0.1, -0.05) is 48.4 Å². The minimum Gasteiger partial charge on any atom is -0.457 e. The number of fused-ring (bicyclic) bond motifs is 5. The summed E-state index contributed by atoms with van der Waals surface area (Å²) in [5.41, 5.74) is -1.08. The van der Waals surface area contributed by atoms with Gasteiger partial charge < -0.3 is 44.2 Å². The Kier molecular flexibility index (Phi) is 17.7. The third-order valence-electron chi connectivity index (χ3n) is 15.4. The van der Waals surface area contributed by atoms with E-state index in [4.69, 9.17) is 30.6 Å². The number of alkyl carbamates (subject to hydrolysis) is 1. The van der Waals surface area contributed by atoms with Crippen molar-refractivity contribution in [1.29, 1.82) is 0 Å². The fourth-order valence-corrected chi connectivity index (χ4v) is 11.8. The van der Waals surface area contributed by atoms with Crippen LogP contribution in [0.3, 0.4) is 0 Å². The molecule has 0 spiro atoms. The molecule has 2 unspecified atom stereocenters. The molecule has 0 radical (unpaired) electrons. The first-order valence-electron chi connectivity index (χ1n) is 25.0. The number of likely N-dealkylation sites (N-methyl/N-ethyl adjacent to an activating group) is 1. The number of aliphatic hydroxyl groups excluding tert-OH is 2. The van der Waals surface area contributed by atoms with E-state index < -0.39 is 120 Å². The zero-order chi connectivity index (χ0) is 54.0. The van der Waals surface area contributed by atoms with Crippen molar-refractivity contribution in [2.45, 2.75) is 146 Å². The van der Waals surface area contributed by atoms with Crippen LogP contribution in [0.4, 0.5) is 10.5 Å². The number of esters is 1. The Morgan fingerprint density at radius 3 is 2.36 bits per heavy atom. The van der Waals surface area contributed by atoms with Crippen LogP contribution < -0.4 is 10.2 Å². The lowest BCUT2D eigenvalue weighted by Crippen LogP contribution is -2.62. The molecule has 5 fully saturated rings. The van der Waals surface area contributed by atoms with Crippen molar-refractivity contribution in [2.24, 2.45) is 23.7 Å². The molecule has 5 aliphatic heterocycles. The van der Waals surface area contributed by atoms with Gasteiger partial charge in [-0.15, -0.1) is 16.8 Å². The van der Waals surface area contributed by atoms with E-state index >= 15 is 0 Å². The highest BCUT2D eigenvalue weighted by Gasteiger charge is 2.64. The predicted octanol–water partition coefficient (Wildman–Crippen LogP) is 3.26. The number of ether oxygens (including phenoxy) is 3. The number of nitrogens with one attached hydrogen (secondary N) is 1. The molecule has 7 amide bonds. The largest absolute Gasteiger partial charge is 0.457 e. The molecular weight excluding hydrogens is 1010 g/mol. The number of hydrogen-bond donors (Lipinski definition) is 4. The van der Waals surface area contributed by atoms with Gasteiger partial charge >= 0.3 is 18.0 Å². The highest BCUT2D eigenvalue weighted by atomic mass is 35.5. The second-order valence-corrected chi connectivity index (χ2v) is 22.2. The molecule has 74 heavy (non-hydrogen) atoms. The smallest absolute Gasteiger partial charge is 0.409 e. The number of imide groups is 2. The lowest BCUT2D eigenvalue weighted by molar-refractivity contribution is -0.201. The van der Waals surface area contributed by atoms with Crippen LogP contribution in [-0.4, -0.2) is 158 Å². The Labute approximate surface area is 438 Å². The molecule has 404 valence electrons. The first-order chi connectivity index (χ1) is 35.0. The zero-order valence-corrected chi connectivity index (χ0v) is 44.0. The second kappa shape index (κ2) is 23.2. The summed E-state index contributed by atoms with van der Waals surface area (Å²) in [4.78, 5) is 127. The average Bonchev–Trinajstić information content (AvgIpc) is 3.87. The Bertz CT molecular complexity index is 2470. The molecule has 1 aliphatic carbocycles. The van der Waals surface area contributed by atoms with Crippen LogP contribution in [0.15, 0.2) is 35.9 Å². The van der Waals surface area contributed by atoms with E-state index in [2.05, 4.69) is 5.32 Å². The van der Waals surface area contributed by atoms with Gasteiger partial charge in [0.15, 0.2) is 5.72 Å². The van der Waals surface area contributed by atoms with Crippen molar-refractivity contribution in [2.75, 3.05) is 37.9 Å². The highest BCUT2D eigenvalue weighted by Crippen LogP contribution is 2.49. The summed E-state index contributed by atoms with van der Waals surface area (Å²) in [7, 11) is 2.92. The second-order valence-electron chi connectivity index (χ2n) is 20.5. The highest BCUT2D eigenvalue weighted by molar-refractivity contribution is 8.00. The van der Waals surface area contributed by atoms with Gasteiger partial charge in [0, 0.05) is 70.3 Å². The Morgan fingerprint density at radius 2 is 1.70 bits per heavy atom. The van der Waals surface area contributed by atoms with Gasteiger partial charge in [0.25, 0.3) is 11.8 Å². The predicted molar refractivity (Wildman–Crippen MR) is 265 cm³/mol. The molecule has 7 rings (SSSR count). The van der Waals surface area contributed by atoms with Crippen molar-refractivity contribution in [3.05, 3.63) is 52.1 Å². The summed E-state index contributed by atoms with van der Waals surface area (Å²) in [5.74, 6) is -6.38. The molecule has 9 atom stereocenters.